The van der Waals surface area contributed by atoms with Crippen molar-refractivity contribution in [3.05, 3.63) is 41.2 Å². The average Bonchev–Trinajstić information content (AvgIpc) is 2.99. The second-order valence-electron chi connectivity index (χ2n) is 5.52. The number of amides is 1. The third-order valence-electron chi connectivity index (χ3n) is 3.71. The van der Waals surface area contributed by atoms with E-state index in [1.807, 2.05) is 6.07 Å². The van der Waals surface area contributed by atoms with E-state index in [1.54, 1.807) is 31.4 Å². The van der Waals surface area contributed by atoms with Crippen LogP contribution in [0, 0.1) is 18.3 Å². The van der Waals surface area contributed by atoms with Crippen LogP contribution in [0.25, 0.3) is 0 Å². The Morgan fingerprint density at radius 2 is 1.85 bits per heavy atom. The molecule has 0 aliphatic carbocycles. The summed E-state index contributed by atoms with van der Waals surface area (Å²) in [4.78, 5) is 23.8. The molecule has 0 saturated carbocycles. The number of ether oxygens (including phenoxy) is 3. The van der Waals surface area contributed by atoms with Crippen LogP contribution in [0.4, 0.5) is 5.88 Å². The zero-order chi connectivity index (χ0) is 19.8. The smallest absolute Gasteiger partial charge is 0.342 e. The van der Waals surface area contributed by atoms with Gasteiger partial charge in [-0.05, 0) is 37.6 Å². The normalized spacial score (nSPS) is 10.0. The van der Waals surface area contributed by atoms with Crippen LogP contribution in [0.2, 0.25) is 0 Å². The number of nitriles is 1. The number of carbonyl (C=O) groups excluding carboxylic acids is 2. The van der Waals surface area contributed by atoms with E-state index >= 15 is 0 Å². The lowest BCUT2D eigenvalue weighted by atomic mass is 10.1. The van der Waals surface area contributed by atoms with Gasteiger partial charge in [-0.25, -0.2) is 4.79 Å². The first-order valence-corrected chi connectivity index (χ1v) is 8.18. The molecule has 1 N–H and O–H groups in total. The predicted octanol–water partition coefficient (Wildman–Crippen LogP) is 3.05. The summed E-state index contributed by atoms with van der Waals surface area (Å²) in [6, 6.07) is 8.97. The Balaban J connectivity index is 1.87. The number of nitrogens with zero attached hydrogens (tertiary/aromatic N) is 1. The van der Waals surface area contributed by atoms with Gasteiger partial charge in [0.05, 0.1) is 20.8 Å². The molecule has 1 aromatic heterocycles. The lowest BCUT2D eigenvalue weighted by Crippen LogP contribution is -2.13. The number of esters is 1. The Labute approximate surface area is 156 Å². The van der Waals surface area contributed by atoms with Gasteiger partial charge < -0.3 is 18.6 Å². The van der Waals surface area contributed by atoms with Crippen LogP contribution in [-0.2, 0) is 9.53 Å². The SMILES string of the molecule is COC(=O)c1c(C)oc(NC(=O)CCCOc2ccc(OC)cc2)c1C#N. The average molecular weight is 372 g/mol. The van der Waals surface area contributed by atoms with Crippen molar-refractivity contribution in [1.29, 1.82) is 5.26 Å². The van der Waals surface area contributed by atoms with Crippen molar-refractivity contribution < 1.29 is 28.2 Å². The largest absolute Gasteiger partial charge is 0.497 e. The Hall–Kier alpha value is -3.47. The highest BCUT2D eigenvalue weighted by Crippen LogP contribution is 2.27. The number of hydrogen-bond acceptors (Lipinski definition) is 7. The van der Waals surface area contributed by atoms with Crippen molar-refractivity contribution in [3.63, 3.8) is 0 Å². The summed E-state index contributed by atoms with van der Waals surface area (Å²) in [5.74, 6) is 0.506. The Morgan fingerprint density at radius 1 is 1.19 bits per heavy atom. The molecule has 142 valence electrons. The topological polar surface area (TPSA) is 111 Å². The van der Waals surface area contributed by atoms with Gasteiger partial charge in [-0.1, -0.05) is 0 Å². The molecule has 1 heterocycles. The summed E-state index contributed by atoms with van der Waals surface area (Å²) >= 11 is 0. The fourth-order valence-corrected chi connectivity index (χ4v) is 2.37. The van der Waals surface area contributed by atoms with Crippen LogP contribution in [0.5, 0.6) is 11.5 Å². The third kappa shape index (κ3) is 5.01. The predicted molar refractivity (Wildman–Crippen MR) is 95.9 cm³/mol. The van der Waals surface area contributed by atoms with E-state index in [0.717, 1.165) is 5.75 Å². The van der Waals surface area contributed by atoms with E-state index in [1.165, 1.54) is 14.0 Å². The fraction of sp³-hybridized carbons (Fsp3) is 0.316. The van der Waals surface area contributed by atoms with Crippen molar-refractivity contribution in [2.45, 2.75) is 19.8 Å². The molecule has 0 atom stereocenters. The summed E-state index contributed by atoms with van der Waals surface area (Å²) in [6.45, 7) is 1.86. The number of anilines is 1. The minimum atomic E-state index is -0.693. The molecule has 0 spiro atoms. The summed E-state index contributed by atoms with van der Waals surface area (Å²) < 4.78 is 20.6. The van der Waals surface area contributed by atoms with Crippen molar-refractivity contribution in [3.8, 4) is 17.6 Å². The minimum absolute atomic E-state index is 0.0122. The van der Waals surface area contributed by atoms with E-state index < -0.39 is 5.97 Å². The molecule has 0 fully saturated rings. The van der Waals surface area contributed by atoms with Crippen molar-refractivity contribution in [2.24, 2.45) is 0 Å². The van der Waals surface area contributed by atoms with E-state index in [2.05, 4.69) is 10.1 Å². The van der Waals surface area contributed by atoms with Crippen LogP contribution >= 0.6 is 0 Å². The molecule has 0 saturated heterocycles. The molecular weight excluding hydrogens is 352 g/mol. The molecule has 8 heteroatoms. The number of methoxy groups -OCH3 is 2. The molecule has 0 unspecified atom stereocenters. The van der Waals surface area contributed by atoms with Gasteiger partial charge in [0.1, 0.15) is 34.5 Å². The van der Waals surface area contributed by atoms with Gasteiger partial charge in [0.25, 0.3) is 0 Å². The van der Waals surface area contributed by atoms with Crippen molar-refractivity contribution in [1.82, 2.24) is 0 Å². The molecule has 1 aromatic carbocycles. The standard InChI is InChI=1S/C19H20N2O6/c1-12-17(19(23)25-3)15(11-20)18(27-12)21-16(22)5-4-10-26-14-8-6-13(24-2)7-9-14/h6-9H,4-5,10H2,1-3H3,(H,21,22). The zero-order valence-electron chi connectivity index (χ0n) is 15.3. The number of benzene rings is 1. The molecule has 8 nitrogen and oxygen atoms in total. The van der Waals surface area contributed by atoms with Gasteiger partial charge in [0, 0.05) is 6.42 Å². The molecule has 1 amide bonds. The highest BCUT2D eigenvalue weighted by atomic mass is 16.5. The number of furan rings is 1. The van der Waals surface area contributed by atoms with E-state index in [0.29, 0.717) is 18.8 Å². The van der Waals surface area contributed by atoms with Crippen LogP contribution < -0.4 is 14.8 Å². The van der Waals surface area contributed by atoms with E-state index in [-0.39, 0.29) is 35.1 Å². The molecule has 0 bridgehead atoms. The molecular formula is C19H20N2O6. The number of nitrogens with one attached hydrogen (secondary N) is 1. The van der Waals surface area contributed by atoms with Crippen LogP contribution in [0.15, 0.2) is 28.7 Å². The monoisotopic (exact) mass is 372 g/mol. The van der Waals surface area contributed by atoms with Crippen LogP contribution in [-0.4, -0.2) is 32.7 Å². The van der Waals surface area contributed by atoms with Crippen molar-refractivity contribution in [2.75, 3.05) is 26.1 Å². The van der Waals surface area contributed by atoms with Gasteiger partial charge in [-0.2, -0.15) is 5.26 Å². The highest BCUT2D eigenvalue weighted by Gasteiger charge is 2.25. The quantitative estimate of drug-likeness (QED) is 0.560. The Morgan fingerprint density at radius 3 is 2.44 bits per heavy atom. The molecule has 0 radical (unpaired) electrons. The van der Waals surface area contributed by atoms with E-state index in [4.69, 9.17) is 13.9 Å². The number of rotatable bonds is 8. The van der Waals surface area contributed by atoms with Crippen molar-refractivity contribution >= 4 is 17.8 Å². The molecule has 2 aromatic rings. The Kier molecular flexibility index (Phi) is 6.83. The zero-order valence-corrected chi connectivity index (χ0v) is 15.3. The maximum atomic E-state index is 12.1. The summed E-state index contributed by atoms with van der Waals surface area (Å²) in [5.41, 5.74) is -0.0414. The summed E-state index contributed by atoms with van der Waals surface area (Å²) in [6.07, 6.45) is 0.623. The summed E-state index contributed by atoms with van der Waals surface area (Å²) in [5, 5.41) is 11.8. The first-order valence-electron chi connectivity index (χ1n) is 8.18. The van der Waals surface area contributed by atoms with Gasteiger partial charge in [0.15, 0.2) is 0 Å². The molecule has 0 aliphatic heterocycles. The maximum absolute atomic E-state index is 12.1. The first kappa shape index (κ1) is 19.8. The number of carbonyl (C=O) groups is 2. The van der Waals surface area contributed by atoms with Gasteiger partial charge in [-0.15, -0.1) is 0 Å². The van der Waals surface area contributed by atoms with Gasteiger partial charge in [0.2, 0.25) is 11.8 Å². The fourth-order valence-electron chi connectivity index (χ4n) is 2.37. The van der Waals surface area contributed by atoms with Gasteiger partial charge in [-0.3, -0.25) is 10.1 Å². The third-order valence-corrected chi connectivity index (χ3v) is 3.71. The molecule has 27 heavy (non-hydrogen) atoms. The first-order chi connectivity index (χ1) is 13.0. The lowest BCUT2D eigenvalue weighted by molar-refractivity contribution is -0.116. The second-order valence-corrected chi connectivity index (χ2v) is 5.52. The highest BCUT2D eigenvalue weighted by molar-refractivity contribution is 5.98. The van der Waals surface area contributed by atoms with Gasteiger partial charge >= 0.3 is 5.97 Å². The number of aryl methyl sites for hydroxylation is 1. The Bertz CT molecular complexity index is 848. The van der Waals surface area contributed by atoms with E-state index in [9.17, 15) is 14.9 Å². The second kappa shape index (κ2) is 9.29. The van der Waals surface area contributed by atoms with Crippen LogP contribution in [0.1, 0.15) is 34.5 Å². The van der Waals surface area contributed by atoms with Crippen LogP contribution in [0.3, 0.4) is 0 Å². The summed E-state index contributed by atoms with van der Waals surface area (Å²) in [7, 11) is 2.79. The minimum Gasteiger partial charge on any atom is -0.497 e. The molecule has 2 rings (SSSR count). The maximum Gasteiger partial charge on any atom is 0.342 e. The lowest BCUT2D eigenvalue weighted by Gasteiger charge is -2.07. The number of hydrogen-bond donors (Lipinski definition) is 1. The molecule has 0 aliphatic rings.